The van der Waals surface area contributed by atoms with Gasteiger partial charge in [-0.2, -0.15) is 8.78 Å². The topological polar surface area (TPSA) is 47.6 Å². The minimum absolute atomic E-state index is 0.231. The predicted octanol–water partition coefficient (Wildman–Crippen LogP) is 6.89. The van der Waals surface area contributed by atoms with Crippen LogP contribution in [0, 0.1) is 0 Å². The van der Waals surface area contributed by atoms with Crippen LogP contribution in [0.5, 0.6) is 11.5 Å². The van der Waals surface area contributed by atoms with Gasteiger partial charge in [-0.05, 0) is 101 Å². The third-order valence-corrected chi connectivity index (χ3v) is 7.27. The van der Waals surface area contributed by atoms with E-state index in [-0.39, 0.29) is 23.7 Å². The summed E-state index contributed by atoms with van der Waals surface area (Å²) in [5.41, 5.74) is -0.305. The van der Waals surface area contributed by atoms with E-state index in [0.717, 1.165) is 46.2 Å². The zero-order valence-corrected chi connectivity index (χ0v) is 20.4. The fourth-order valence-corrected chi connectivity index (χ4v) is 5.10. The number of benzene rings is 3. The van der Waals surface area contributed by atoms with Gasteiger partial charge in [0.25, 0.3) is 5.92 Å². The monoisotopic (exact) mass is 535 g/mol. The Labute approximate surface area is 204 Å². The second-order valence-electron chi connectivity index (χ2n) is 8.00. The smallest absolute Gasteiger partial charge is 0.295 e. The first-order valence-corrected chi connectivity index (χ1v) is 12.3. The number of carbonyl (C=O) groups is 1. The van der Waals surface area contributed by atoms with Crippen molar-refractivity contribution >= 4 is 44.9 Å². The Balaban J connectivity index is 1.46. The molecule has 1 saturated carbocycles. The molecule has 174 valence electrons. The normalized spacial score (nSPS) is 15.5. The average molecular weight is 536 g/mol. The first-order valence-electron chi connectivity index (χ1n) is 10.7. The molecule has 0 saturated heterocycles. The summed E-state index contributed by atoms with van der Waals surface area (Å²) in [6.07, 6.45) is 5.12. The van der Waals surface area contributed by atoms with Gasteiger partial charge in [-0.25, -0.2) is 4.72 Å². The zero-order valence-electron chi connectivity index (χ0n) is 18.0. The molecule has 4 nitrogen and oxygen atoms in total. The van der Waals surface area contributed by atoms with Gasteiger partial charge in [0.05, 0.1) is 17.7 Å². The molecule has 0 heterocycles. The summed E-state index contributed by atoms with van der Waals surface area (Å²) < 4.78 is 44.4. The second-order valence-corrected chi connectivity index (χ2v) is 9.77. The van der Waals surface area contributed by atoms with Crippen molar-refractivity contribution in [1.29, 1.82) is 0 Å². The molecule has 1 N–H and O–H groups in total. The molecule has 33 heavy (non-hydrogen) atoms. The number of nitrogens with one attached hydrogen (secondary N) is 1. The molecular weight excluding hydrogens is 512 g/mol. The van der Waals surface area contributed by atoms with E-state index in [1.165, 1.54) is 38.2 Å². The first-order chi connectivity index (χ1) is 15.9. The molecule has 1 aliphatic carbocycles. The number of halogens is 3. The van der Waals surface area contributed by atoms with Crippen LogP contribution in [0.2, 0.25) is 0 Å². The lowest BCUT2D eigenvalue weighted by molar-refractivity contribution is -0.119. The molecule has 0 radical (unpaired) electrons. The molecule has 8 heteroatoms. The largest absolute Gasteiger partial charge is 0.496 e. The average Bonchev–Trinajstić information content (AvgIpc) is 3.32. The molecule has 0 aromatic heterocycles. The Morgan fingerprint density at radius 1 is 1.09 bits per heavy atom. The number of carbonyl (C=O) groups excluding carboxylic acids is 1. The van der Waals surface area contributed by atoms with E-state index in [4.69, 9.17) is 9.47 Å². The SMILES string of the molecule is COc1cc(C(F)(F)C(C=O)NSc2ccc3cc(OC4CCCC4)ccc3c2)ccc1Br. The number of rotatable bonds is 9. The van der Waals surface area contributed by atoms with Crippen LogP contribution in [0.15, 0.2) is 64.0 Å². The van der Waals surface area contributed by atoms with Crippen molar-refractivity contribution in [2.24, 2.45) is 0 Å². The van der Waals surface area contributed by atoms with Crippen LogP contribution >= 0.6 is 27.9 Å². The van der Waals surface area contributed by atoms with Crippen LogP contribution in [0.4, 0.5) is 8.78 Å². The molecule has 1 unspecified atom stereocenters. The number of alkyl halides is 2. The summed E-state index contributed by atoms with van der Waals surface area (Å²) in [6, 6.07) is 13.8. The first kappa shape index (κ1) is 24.0. The van der Waals surface area contributed by atoms with E-state index in [9.17, 15) is 4.79 Å². The minimum Gasteiger partial charge on any atom is -0.496 e. The highest BCUT2D eigenvalue weighted by atomic mass is 79.9. The van der Waals surface area contributed by atoms with Crippen LogP contribution in [0.3, 0.4) is 0 Å². The molecule has 1 atom stereocenters. The lowest BCUT2D eigenvalue weighted by Crippen LogP contribution is -2.41. The molecule has 0 amide bonds. The number of fused-ring (bicyclic) bond motifs is 1. The van der Waals surface area contributed by atoms with Crippen LogP contribution in [0.1, 0.15) is 31.2 Å². The van der Waals surface area contributed by atoms with Gasteiger partial charge in [0.1, 0.15) is 23.8 Å². The van der Waals surface area contributed by atoms with E-state index in [1.807, 2.05) is 36.4 Å². The molecule has 3 aromatic carbocycles. The van der Waals surface area contributed by atoms with E-state index in [1.54, 1.807) is 0 Å². The Kier molecular flexibility index (Phi) is 7.56. The van der Waals surface area contributed by atoms with Crippen LogP contribution < -0.4 is 14.2 Å². The van der Waals surface area contributed by atoms with Crippen LogP contribution in [-0.2, 0) is 10.7 Å². The van der Waals surface area contributed by atoms with Gasteiger partial charge in [0, 0.05) is 10.5 Å². The molecular formula is C25H24BrF2NO3S. The third-order valence-electron chi connectivity index (χ3n) is 5.75. The van der Waals surface area contributed by atoms with Crippen molar-refractivity contribution < 1.29 is 23.0 Å². The van der Waals surface area contributed by atoms with Crippen LogP contribution in [-0.4, -0.2) is 25.5 Å². The zero-order chi connectivity index (χ0) is 23.4. The summed E-state index contributed by atoms with van der Waals surface area (Å²) in [5.74, 6) is -2.31. The number of methoxy groups -OCH3 is 1. The summed E-state index contributed by atoms with van der Waals surface area (Å²) >= 11 is 4.25. The fraction of sp³-hybridized carbons (Fsp3) is 0.320. The molecule has 1 aliphatic rings. The van der Waals surface area contributed by atoms with Crippen molar-refractivity contribution in [3.05, 3.63) is 64.6 Å². The lowest BCUT2D eigenvalue weighted by atomic mass is 10.0. The highest BCUT2D eigenvalue weighted by molar-refractivity contribution is 9.10. The summed E-state index contributed by atoms with van der Waals surface area (Å²) in [6.45, 7) is 0. The van der Waals surface area contributed by atoms with E-state index in [0.29, 0.717) is 4.47 Å². The highest BCUT2D eigenvalue weighted by Crippen LogP contribution is 2.37. The quantitative estimate of drug-likeness (QED) is 0.239. The number of ether oxygens (including phenoxy) is 2. The number of hydrogen-bond donors (Lipinski definition) is 1. The number of aldehydes is 1. The van der Waals surface area contributed by atoms with Crippen molar-refractivity contribution in [3.63, 3.8) is 0 Å². The van der Waals surface area contributed by atoms with Gasteiger partial charge in [0.15, 0.2) is 0 Å². The molecule has 4 rings (SSSR count). The second kappa shape index (κ2) is 10.4. The van der Waals surface area contributed by atoms with E-state index < -0.39 is 12.0 Å². The van der Waals surface area contributed by atoms with Crippen molar-refractivity contribution in [1.82, 2.24) is 4.72 Å². The van der Waals surface area contributed by atoms with Gasteiger partial charge in [-0.15, -0.1) is 0 Å². The minimum atomic E-state index is -3.42. The van der Waals surface area contributed by atoms with Gasteiger partial charge in [-0.3, -0.25) is 0 Å². The number of hydrogen-bond acceptors (Lipinski definition) is 5. The maximum atomic E-state index is 15.0. The van der Waals surface area contributed by atoms with Crippen molar-refractivity contribution in [2.75, 3.05) is 7.11 Å². The molecule has 0 bridgehead atoms. The maximum absolute atomic E-state index is 15.0. The van der Waals surface area contributed by atoms with Gasteiger partial charge < -0.3 is 14.3 Å². The van der Waals surface area contributed by atoms with Gasteiger partial charge in [-0.1, -0.05) is 18.2 Å². The van der Waals surface area contributed by atoms with Gasteiger partial charge >= 0.3 is 0 Å². The summed E-state index contributed by atoms with van der Waals surface area (Å²) in [7, 11) is 1.40. The van der Waals surface area contributed by atoms with Crippen molar-refractivity contribution in [2.45, 2.75) is 48.6 Å². The molecule has 0 spiro atoms. The molecule has 0 aliphatic heterocycles. The Bertz CT molecular complexity index is 1140. The Hall–Kier alpha value is -2.16. The standard InChI is InChI=1S/C25H24BrF2NO3S/c1-31-23-14-18(8-11-22(23)26)25(27,28)24(15-30)29-33-21-10-7-16-12-20(9-6-17(16)13-21)32-19-4-2-3-5-19/h6-15,19,24,29H,2-5H2,1H3. The lowest BCUT2D eigenvalue weighted by Gasteiger charge is -2.24. The molecule has 1 fully saturated rings. The Morgan fingerprint density at radius 2 is 1.82 bits per heavy atom. The summed E-state index contributed by atoms with van der Waals surface area (Å²) in [5, 5.41) is 1.97. The van der Waals surface area contributed by atoms with Crippen molar-refractivity contribution in [3.8, 4) is 11.5 Å². The molecule has 3 aromatic rings. The van der Waals surface area contributed by atoms with Gasteiger partial charge in [0.2, 0.25) is 0 Å². The maximum Gasteiger partial charge on any atom is 0.295 e. The fourth-order valence-electron chi connectivity index (χ4n) is 3.90. The summed E-state index contributed by atoms with van der Waals surface area (Å²) in [4.78, 5) is 12.3. The third kappa shape index (κ3) is 5.50. The van der Waals surface area contributed by atoms with E-state index >= 15 is 8.78 Å². The highest BCUT2D eigenvalue weighted by Gasteiger charge is 2.42. The Morgan fingerprint density at radius 3 is 2.55 bits per heavy atom. The predicted molar refractivity (Wildman–Crippen MR) is 130 cm³/mol. The van der Waals surface area contributed by atoms with E-state index in [2.05, 4.69) is 20.7 Å². The van der Waals surface area contributed by atoms with Crippen LogP contribution in [0.25, 0.3) is 10.8 Å².